The smallest absolute Gasteiger partial charge is 0.278 e. The monoisotopic (exact) mass is 348 g/mol. The van der Waals surface area contributed by atoms with Crippen LogP contribution in [0.25, 0.3) is 0 Å². The molecule has 1 fully saturated rings. The summed E-state index contributed by atoms with van der Waals surface area (Å²) in [5.41, 5.74) is 0.722. The number of likely N-dealkylation sites (N-methyl/N-ethyl adjacent to an activating group) is 1. The van der Waals surface area contributed by atoms with Gasteiger partial charge in [-0.15, -0.1) is 0 Å². The van der Waals surface area contributed by atoms with E-state index in [2.05, 4.69) is 10.6 Å². The van der Waals surface area contributed by atoms with Crippen molar-refractivity contribution in [1.82, 2.24) is 5.32 Å². The van der Waals surface area contributed by atoms with Crippen LogP contribution >= 0.6 is 0 Å². The van der Waals surface area contributed by atoms with E-state index in [9.17, 15) is 9.59 Å². The Kier molecular flexibility index (Phi) is 5.43. The molecule has 1 atom stereocenters. The molecule has 25 heavy (non-hydrogen) atoms. The highest BCUT2D eigenvalue weighted by Gasteiger charge is 2.32. The van der Waals surface area contributed by atoms with Crippen molar-refractivity contribution in [3.05, 3.63) is 18.2 Å². The molecule has 7 heteroatoms. The zero-order valence-corrected chi connectivity index (χ0v) is 14.8. The number of carbonyl (C=O) groups excluding carboxylic acids is 2. The fraction of sp³-hybridized carbons (Fsp3) is 0.556. The molecule has 3 N–H and O–H groups in total. The van der Waals surface area contributed by atoms with Crippen molar-refractivity contribution in [2.45, 2.75) is 32.7 Å². The molecule has 0 aliphatic carbocycles. The Morgan fingerprint density at radius 3 is 2.68 bits per heavy atom. The number of fused-ring (bicyclic) bond motifs is 1. The maximum absolute atomic E-state index is 12.5. The molecule has 0 bridgehead atoms. The molecule has 136 valence electrons. The number of anilines is 1. The number of nitrogens with one attached hydrogen (secondary N) is 3. The predicted molar refractivity (Wildman–Crippen MR) is 92.8 cm³/mol. The Bertz CT molecular complexity index is 641. The van der Waals surface area contributed by atoms with Gasteiger partial charge < -0.3 is 25.0 Å². The summed E-state index contributed by atoms with van der Waals surface area (Å²) < 4.78 is 10.6. The van der Waals surface area contributed by atoms with E-state index in [0.717, 1.165) is 31.6 Å². The van der Waals surface area contributed by atoms with Crippen molar-refractivity contribution >= 4 is 17.5 Å². The minimum absolute atomic E-state index is 0.0180. The minimum atomic E-state index is -0.0715. The molecule has 2 aliphatic heterocycles. The molecule has 1 aromatic carbocycles. The van der Waals surface area contributed by atoms with Crippen LogP contribution in [0.1, 0.15) is 26.7 Å². The highest BCUT2D eigenvalue weighted by atomic mass is 16.7. The lowest BCUT2D eigenvalue weighted by molar-refractivity contribution is -0.919. The molecule has 0 saturated carbocycles. The van der Waals surface area contributed by atoms with Crippen LogP contribution in [0, 0.1) is 5.92 Å². The minimum Gasteiger partial charge on any atom is -0.454 e. The number of quaternary nitrogens is 1. The maximum atomic E-state index is 12.5. The van der Waals surface area contributed by atoms with Crippen LogP contribution in [0.4, 0.5) is 5.69 Å². The van der Waals surface area contributed by atoms with Crippen molar-refractivity contribution in [2.75, 3.05) is 31.7 Å². The summed E-state index contributed by atoms with van der Waals surface area (Å²) >= 11 is 0. The van der Waals surface area contributed by atoms with Gasteiger partial charge in [0, 0.05) is 37.1 Å². The SMILES string of the molecule is CCNC(=O)[C@@H](C)[NH+]1CCC(C(=O)Nc2ccc3c(c2)OCO3)CC1. The topological polar surface area (TPSA) is 81.1 Å². The first-order chi connectivity index (χ1) is 12.1. The van der Waals surface area contributed by atoms with Crippen molar-refractivity contribution in [3.8, 4) is 11.5 Å². The fourth-order valence-corrected chi connectivity index (χ4v) is 3.42. The maximum Gasteiger partial charge on any atom is 0.278 e. The summed E-state index contributed by atoms with van der Waals surface area (Å²) in [7, 11) is 0. The van der Waals surface area contributed by atoms with Gasteiger partial charge in [-0.3, -0.25) is 9.59 Å². The second-order valence-electron chi connectivity index (χ2n) is 6.61. The van der Waals surface area contributed by atoms with Crippen molar-refractivity contribution in [2.24, 2.45) is 5.92 Å². The van der Waals surface area contributed by atoms with Gasteiger partial charge in [0.15, 0.2) is 17.5 Å². The van der Waals surface area contributed by atoms with Crippen LogP contribution in [0.3, 0.4) is 0 Å². The van der Waals surface area contributed by atoms with Gasteiger partial charge >= 0.3 is 0 Å². The number of piperidine rings is 1. The first-order valence-electron chi connectivity index (χ1n) is 8.91. The lowest BCUT2D eigenvalue weighted by Gasteiger charge is -2.32. The number of benzene rings is 1. The summed E-state index contributed by atoms with van der Waals surface area (Å²) in [5, 5.41) is 5.83. The van der Waals surface area contributed by atoms with Gasteiger partial charge in [-0.2, -0.15) is 0 Å². The van der Waals surface area contributed by atoms with Crippen LogP contribution in [0.2, 0.25) is 0 Å². The quantitative estimate of drug-likeness (QED) is 0.709. The van der Waals surface area contributed by atoms with Crippen LogP contribution in [0.5, 0.6) is 11.5 Å². The zero-order chi connectivity index (χ0) is 17.8. The average Bonchev–Trinajstić information content (AvgIpc) is 3.09. The molecule has 1 saturated heterocycles. The van der Waals surface area contributed by atoms with Crippen LogP contribution in [-0.4, -0.2) is 44.3 Å². The van der Waals surface area contributed by atoms with Gasteiger partial charge in [0.05, 0.1) is 13.1 Å². The first kappa shape index (κ1) is 17.5. The summed E-state index contributed by atoms with van der Waals surface area (Å²) in [6.45, 7) is 6.41. The normalized spacial score (nSPS) is 23.0. The lowest BCUT2D eigenvalue weighted by Crippen LogP contribution is -3.17. The lowest BCUT2D eigenvalue weighted by atomic mass is 9.94. The van der Waals surface area contributed by atoms with Crippen molar-refractivity contribution in [3.63, 3.8) is 0 Å². The van der Waals surface area contributed by atoms with Gasteiger partial charge in [0.1, 0.15) is 0 Å². The van der Waals surface area contributed by atoms with Gasteiger partial charge in [-0.25, -0.2) is 0 Å². The van der Waals surface area contributed by atoms with E-state index in [0.29, 0.717) is 18.0 Å². The summed E-state index contributed by atoms with van der Waals surface area (Å²) in [4.78, 5) is 25.7. The fourth-order valence-electron chi connectivity index (χ4n) is 3.42. The molecule has 0 aromatic heterocycles. The van der Waals surface area contributed by atoms with Crippen LogP contribution in [-0.2, 0) is 9.59 Å². The van der Waals surface area contributed by atoms with Crippen LogP contribution in [0.15, 0.2) is 18.2 Å². The number of amides is 2. The van der Waals surface area contributed by atoms with E-state index in [1.165, 1.54) is 4.90 Å². The molecule has 3 rings (SSSR count). The van der Waals surface area contributed by atoms with Gasteiger partial charge in [0.2, 0.25) is 12.7 Å². The second-order valence-corrected chi connectivity index (χ2v) is 6.61. The number of hydrogen-bond acceptors (Lipinski definition) is 4. The Morgan fingerprint density at radius 2 is 1.96 bits per heavy atom. The Balaban J connectivity index is 1.51. The molecule has 0 radical (unpaired) electrons. The third-order valence-electron chi connectivity index (χ3n) is 5.00. The molecular weight excluding hydrogens is 322 g/mol. The van der Waals surface area contributed by atoms with Gasteiger partial charge in [-0.1, -0.05) is 0 Å². The van der Waals surface area contributed by atoms with Gasteiger partial charge in [0.25, 0.3) is 5.91 Å². The molecule has 2 amide bonds. The van der Waals surface area contributed by atoms with E-state index in [-0.39, 0.29) is 30.6 Å². The van der Waals surface area contributed by atoms with E-state index in [1.807, 2.05) is 19.9 Å². The molecule has 1 aromatic rings. The largest absolute Gasteiger partial charge is 0.454 e. The highest BCUT2D eigenvalue weighted by Crippen LogP contribution is 2.34. The number of carbonyl (C=O) groups is 2. The number of hydrogen-bond donors (Lipinski definition) is 3. The summed E-state index contributed by atoms with van der Waals surface area (Å²) in [6.07, 6.45) is 1.57. The highest BCUT2D eigenvalue weighted by molar-refractivity contribution is 5.93. The average molecular weight is 348 g/mol. The third-order valence-corrected chi connectivity index (χ3v) is 5.00. The standard InChI is InChI=1S/C18H25N3O4/c1-3-19-17(22)12(2)21-8-6-13(7-9-21)18(23)20-14-4-5-15-16(10-14)25-11-24-15/h4-5,10,12-13H,3,6-9,11H2,1-2H3,(H,19,22)(H,20,23)/p+1/t12-/m1/s1. The Labute approximate surface area is 147 Å². The Morgan fingerprint density at radius 1 is 1.24 bits per heavy atom. The van der Waals surface area contributed by atoms with Gasteiger partial charge in [-0.05, 0) is 26.0 Å². The molecule has 2 heterocycles. The van der Waals surface area contributed by atoms with E-state index in [4.69, 9.17) is 9.47 Å². The molecular formula is C18H26N3O4+. The van der Waals surface area contributed by atoms with E-state index in [1.54, 1.807) is 12.1 Å². The molecule has 2 aliphatic rings. The summed E-state index contributed by atoms with van der Waals surface area (Å²) in [6, 6.07) is 5.34. The number of ether oxygens (including phenoxy) is 2. The second kappa shape index (κ2) is 7.74. The van der Waals surface area contributed by atoms with Crippen molar-refractivity contribution < 1.29 is 24.0 Å². The predicted octanol–water partition coefficient (Wildman–Crippen LogP) is 0.173. The molecule has 0 unspecified atom stereocenters. The number of likely N-dealkylation sites (tertiary alicyclic amines) is 1. The third kappa shape index (κ3) is 4.04. The van der Waals surface area contributed by atoms with Crippen molar-refractivity contribution in [1.29, 1.82) is 0 Å². The van der Waals surface area contributed by atoms with E-state index >= 15 is 0 Å². The molecule has 0 spiro atoms. The van der Waals surface area contributed by atoms with E-state index < -0.39 is 0 Å². The molecule has 7 nitrogen and oxygen atoms in total. The van der Waals surface area contributed by atoms with Crippen LogP contribution < -0.4 is 25.0 Å². The first-order valence-corrected chi connectivity index (χ1v) is 8.91. The number of rotatable bonds is 5. The Hall–Kier alpha value is -2.28. The zero-order valence-electron chi connectivity index (χ0n) is 14.8. The summed E-state index contributed by atoms with van der Waals surface area (Å²) in [5.74, 6) is 1.46.